The van der Waals surface area contributed by atoms with E-state index in [0.717, 1.165) is 36.9 Å². The maximum Gasteiger partial charge on any atom is 0.235 e. The first kappa shape index (κ1) is 20.4. The number of amides is 1. The summed E-state index contributed by atoms with van der Waals surface area (Å²) >= 11 is 2.83. The molecule has 7 nitrogen and oxygen atoms in total. The van der Waals surface area contributed by atoms with Crippen LogP contribution in [0.3, 0.4) is 0 Å². The Bertz CT molecular complexity index is 1100. The average molecular weight is 440 g/mol. The quantitative estimate of drug-likeness (QED) is 0.457. The molecule has 154 valence electrons. The lowest BCUT2D eigenvalue weighted by atomic mass is 10.1. The van der Waals surface area contributed by atoms with Gasteiger partial charge in [0.1, 0.15) is 23.1 Å². The molecule has 4 rings (SSSR count). The molecule has 2 heterocycles. The van der Waals surface area contributed by atoms with Gasteiger partial charge in [0.25, 0.3) is 0 Å². The van der Waals surface area contributed by atoms with Crippen LogP contribution >= 0.6 is 23.1 Å². The van der Waals surface area contributed by atoms with Crippen LogP contribution in [0.2, 0.25) is 0 Å². The van der Waals surface area contributed by atoms with Gasteiger partial charge in [-0.15, -0.1) is 21.5 Å². The molecule has 9 heteroatoms. The fourth-order valence-corrected chi connectivity index (χ4v) is 5.54. The van der Waals surface area contributed by atoms with E-state index < -0.39 is 0 Å². The largest absolute Gasteiger partial charge is 0.495 e. The van der Waals surface area contributed by atoms with Crippen LogP contribution in [0.1, 0.15) is 35.3 Å². The van der Waals surface area contributed by atoms with Gasteiger partial charge in [-0.3, -0.25) is 9.36 Å². The topological polar surface area (TPSA) is 92.8 Å². The number of benzene rings is 1. The van der Waals surface area contributed by atoms with Crippen LogP contribution in [0.25, 0.3) is 5.69 Å². The Kier molecular flexibility index (Phi) is 6.35. The van der Waals surface area contributed by atoms with Gasteiger partial charge in [0.05, 0.1) is 24.1 Å². The summed E-state index contributed by atoms with van der Waals surface area (Å²) in [5, 5.41) is 21.9. The SMILES string of the molecule is COc1ccccc1-n1cnnc1SCC(=O)Nc1sc2c(c1C#N)CCCCC2. The molecule has 0 fully saturated rings. The number of rotatable bonds is 6. The van der Waals surface area contributed by atoms with Gasteiger partial charge in [-0.1, -0.05) is 30.3 Å². The first-order chi connectivity index (χ1) is 14.7. The van der Waals surface area contributed by atoms with Gasteiger partial charge in [0.15, 0.2) is 5.16 Å². The number of nitriles is 1. The molecule has 0 bridgehead atoms. The number of thiophene rings is 1. The Balaban J connectivity index is 1.46. The van der Waals surface area contributed by atoms with E-state index >= 15 is 0 Å². The second kappa shape index (κ2) is 9.32. The minimum Gasteiger partial charge on any atom is -0.495 e. The number of nitrogens with zero attached hydrogens (tertiary/aromatic N) is 4. The number of ether oxygens (including phenoxy) is 1. The van der Waals surface area contributed by atoms with Crippen molar-refractivity contribution in [2.24, 2.45) is 0 Å². The van der Waals surface area contributed by atoms with Gasteiger partial charge in [-0.2, -0.15) is 5.26 Å². The van der Waals surface area contributed by atoms with E-state index in [-0.39, 0.29) is 11.7 Å². The van der Waals surface area contributed by atoms with Crippen molar-refractivity contribution in [2.45, 2.75) is 37.3 Å². The zero-order valence-electron chi connectivity index (χ0n) is 16.6. The highest BCUT2D eigenvalue weighted by atomic mass is 32.2. The number of aryl methyl sites for hydroxylation is 1. The summed E-state index contributed by atoms with van der Waals surface area (Å²) in [6.07, 6.45) is 6.93. The van der Waals surface area contributed by atoms with Crippen molar-refractivity contribution in [1.82, 2.24) is 14.8 Å². The van der Waals surface area contributed by atoms with E-state index in [4.69, 9.17) is 4.74 Å². The minimum absolute atomic E-state index is 0.164. The number of carbonyl (C=O) groups excluding carboxylic acids is 1. The number of para-hydroxylation sites is 2. The Hall–Kier alpha value is -2.83. The second-order valence-electron chi connectivity index (χ2n) is 6.87. The molecule has 30 heavy (non-hydrogen) atoms. The molecule has 0 atom stereocenters. The first-order valence-corrected chi connectivity index (χ1v) is 11.5. The van der Waals surface area contributed by atoms with Gasteiger partial charge in [-0.25, -0.2) is 0 Å². The molecule has 0 saturated heterocycles. The Morgan fingerprint density at radius 2 is 2.17 bits per heavy atom. The fraction of sp³-hybridized carbons (Fsp3) is 0.333. The third-order valence-electron chi connectivity index (χ3n) is 4.98. The number of carbonyl (C=O) groups is 1. The third-order valence-corrected chi connectivity index (χ3v) is 7.13. The molecular formula is C21H21N5O2S2. The van der Waals surface area contributed by atoms with Crippen LogP contribution in [0.5, 0.6) is 5.75 Å². The molecule has 0 unspecified atom stereocenters. The van der Waals surface area contributed by atoms with E-state index in [1.54, 1.807) is 29.3 Å². The average Bonchev–Trinajstić information content (AvgIpc) is 3.29. The van der Waals surface area contributed by atoms with Gasteiger partial charge >= 0.3 is 0 Å². The van der Waals surface area contributed by atoms with Crippen LogP contribution in [-0.4, -0.2) is 33.5 Å². The number of methoxy groups -OCH3 is 1. The number of nitrogens with one attached hydrogen (secondary N) is 1. The zero-order chi connectivity index (χ0) is 20.9. The highest BCUT2D eigenvalue weighted by molar-refractivity contribution is 7.99. The molecule has 0 aliphatic heterocycles. The van der Waals surface area contributed by atoms with Crippen molar-refractivity contribution < 1.29 is 9.53 Å². The van der Waals surface area contributed by atoms with Crippen molar-refractivity contribution in [3.05, 3.63) is 46.6 Å². The standard InChI is InChI=1S/C21H21N5O2S2/c1-28-17-9-6-5-8-16(17)26-13-23-25-21(26)29-12-19(27)24-20-15(11-22)14-7-3-2-4-10-18(14)30-20/h5-6,8-9,13H,2-4,7,10,12H2,1H3,(H,24,27). The molecule has 1 N–H and O–H groups in total. The maximum absolute atomic E-state index is 12.6. The Morgan fingerprint density at radius 3 is 3.00 bits per heavy atom. The fourth-order valence-electron chi connectivity index (χ4n) is 3.56. The van der Waals surface area contributed by atoms with E-state index in [2.05, 4.69) is 21.6 Å². The van der Waals surface area contributed by atoms with E-state index in [1.165, 1.54) is 23.1 Å². The molecular weight excluding hydrogens is 418 g/mol. The molecule has 1 aliphatic carbocycles. The lowest BCUT2D eigenvalue weighted by Crippen LogP contribution is -2.14. The molecule has 0 spiro atoms. The van der Waals surface area contributed by atoms with Crippen molar-refractivity contribution in [3.63, 3.8) is 0 Å². The first-order valence-electron chi connectivity index (χ1n) is 9.72. The van der Waals surface area contributed by atoms with Gasteiger partial charge in [0, 0.05) is 4.88 Å². The molecule has 2 aromatic heterocycles. The van der Waals surface area contributed by atoms with Crippen LogP contribution in [0, 0.1) is 11.3 Å². The molecule has 1 amide bonds. The second-order valence-corrected chi connectivity index (χ2v) is 8.92. The Morgan fingerprint density at radius 1 is 1.33 bits per heavy atom. The van der Waals surface area contributed by atoms with Crippen molar-refractivity contribution in [2.75, 3.05) is 18.2 Å². The summed E-state index contributed by atoms with van der Waals surface area (Å²) in [7, 11) is 1.61. The maximum atomic E-state index is 12.6. The monoisotopic (exact) mass is 439 g/mol. The predicted octanol–water partition coefficient (Wildman–Crippen LogP) is 4.21. The van der Waals surface area contributed by atoms with Crippen LogP contribution in [0.4, 0.5) is 5.00 Å². The summed E-state index contributed by atoms with van der Waals surface area (Å²) in [4.78, 5) is 13.8. The highest BCUT2D eigenvalue weighted by Crippen LogP contribution is 2.37. The van der Waals surface area contributed by atoms with Gasteiger partial charge in [-0.05, 0) is 43.4 Å². The predicted molar refractivity (Wildman–Crippen MR) is 118 cm³/mol. The summed E-state index contributed by atoms with van der Waals surface area (Å²) in [5.41, 5.74) is 2.56. The molecule has 1 aliphatic rings. The summed E-state index contributed by atoms with van der Waals surface area (Å²) in [5.74, 6) is 0.700. The van der Waals surface area contributed by atoms with Crippen molar-refractivity contribution in [3.8, 4) is 17.5 Å². The molecule has 0 radical (unpaired) electrons. The molecule has 3 aromatic rings. The van der Waals surface area contributed by atoms with Crippen molar-refractivity contribution >= 4 is 34.0 Å². The smallest absolute Gasteiger partial charge is 0.235 e. The minimum atomic E-state index is -0.164. The third kappa shape index (κ3) is 4.20. The Labute approximate surface area is 183 Å². The number of hydrogen-bond acceptors (Lipinski definition) is 7. The summed E-state index contributed by atoms with van der Waals surface area (Å²) < 4.78 is 7.21. The number of fused-ring (bicyclic) bond motifs is 1. The number of thioether (sulfide) groups is 1. The van der Waals surface area contributed by atoms with E-state index in [1.807, 2.05) is 24.3 Å². The highest BCUT2D eigenvalue weighted by Gasteiger charge is 2.21. The van der Waals surface area contributed by atoms with Crippen molar-refractivity contribution in [1.29, 1.82) is 5.26 Å². The summed E-state index contributed by atoms with van der Waals surface area (Å²) in [6, 6.07) is 9.86. The lowest BCUT2D eigenvalue weighted by molar-refractivity contribution is -0.113. The number of hydrogen-bond donors (Lipinski definition) is 1. The van der Waals surface area contributed by atoms with E-state index in [0.29, 0.717) is 21.5 Å². The molecule has 0 saturated carbocycles. The van der Waals surface area contributed by atoms with E-state index in [9.17, 15) is 10.1 Å². The lowest BCUT2D eigenvalue weighted by Gasteiger charge is -2.10. The summed E-state index contributed by atoms with van der Waals surface area (Å²) in [6.45, 7) is 0. The van der Waals surface area contributed by atoms with Crippen LogP contribution in [0.15, 0.2) is 35.7 Å². The number of anilines is 1. The van der Waals surface area contributed by atoms with Crippen LogP contribution < -0.4 is 10.1 Å². The zero-order valence-corrected chi connectivity index (χ0v) is 18.2. The normalized spacial score (nSPS) is 13.2. The van der Waals surface area contributed by atoms with Crippen LogP contribution in [-0.2, 0) is 17.6 Å². The molecule has 1 aromatic carbocycles. The van der Waals surface area contributed by atoms with Gasteiger partial charge < -0.3 is 10.1 Å². The number of aromatic nitrogens is 3. The van der Waals surface area contributed by atoms with Gasteiger partial charge in [0.2, 0.25) is 5.91 Å².